The third-order valence-corrected chi connectivity index (χ3v) is 9.21. The molecule has 3 fully saturated rings. The van der Waals surface area contributed by atoms with Gasteiger partial charge in [0.25, 0.3) is 0 Å². The number of aryl methyl sites for hydroxylation is 1. The van der Waals surface area contributed by atoms with Gasteiger partial charge in [-0.15, -0.1) is 0 Å². The molecule has 1 saturated carbocycles. The summed E-state index contributed by atoms with van der Waals surface area (Å²) in [6, 6.07) is 8.14. The molecule has 2 aromatic rings. The Morgan fingerprint density at radius 1 is 1.13 bits per heavy atom. The quantitative estimate of drug-likeness (QED) is 0.325. The van der Waals surface area contributed by atoms with Crippen LogP contribution in [0.25, 0.3) is 5.57 Å². The van der Waals surface area contributed by atoms with Gasteiger partial charge in [-0.2, -0.15) is 0 Å². The van der Waals surface area contributed by atoms with Gasteiger partial charge in [-0.1, -0.05) is 19.2 Å². The number of carbonyl (C=O) groups is 2. The Kier molecular flexibility index (Phi) is 8.07. The molecule has 11 heteroatoms. The molecule has 3 N–H and O–H groups in total. The lowest BCUT2D eigenvalue weighted by Gasteiger charge is -2.40. The zero-order chi connectivity index (χ0) is 32.0. The summed E-state index contributed by atoms with van der Waals surface area (Å²) in [5, 5.41) is 24.1. The first-order valence-electron chi connectivity index (χ1n) is 15.3. The Hall–Kier alpha value is -4.38. The van der Waals surface area contributed by atoms with Gasteiger partial charge in [0.15, 0.2) is 0 Å². The van der Waals surface area contributed by atoms with Gasteiger partial charge in [0, 0.05) is 43.4 Å². The number of rotatable bonds is 9. The lowest BCUT2D eigenvalue weighted by Crippen LogP contribution is -2.45. The van der Waals surface area contributed by atoms with Gasteiger partial charge in [0.05, 0.1) is 35.8 Å². The second kappa shape index (κ2) is 11.8. The van der Waals surface area contributed by atoms with Crippen molar-refractivity contribution in [3.05, 3.63) is 83.8 Å². The normalized spacial score (nSPS) is 20.9. The molecule has 238 valence electrons. The topological polar surface area (TPSA) is 106 Å². The summed E-state index contributed by atoms with van der Waals surface area (Å²) in [6.45, 7) is 10.3. The maximum Gasteiger partial charge on any atom is 0.414 e. The third-order valence-electron chi connectivity index (χ3n) is 9.21. The standard InChI is InChI=1S/C34H38F2N4O5/c1-20-27-15-30(36)32(16-31(27)39(24-6-7-24)19-28(20)21(2)41)38-12-10-34(44,11-13-38)9-8-23-4-5-25(14-29(23)35)40-18-26(45-33(40)43)17-37-22(3)42/h4-5,14-16,19,24,26,41,44H,1-2,6-13,17-18H2,3H3,(H,37,42)/t26-/m0/s1. The number of fused-ring (bicyclic) bond motifs is 1. The summed E-state index contributed by atoms with van der Waals surface area (Å²) in [5.41, 5.74) is 2.71. The second-order valence-corrected chi connectivity index (χ2v) is 12.5. The summed E-state index contributed by atoms with van der Waals surface area (Å²) >= 11 is 0. The van der Waals surface area contributed by atoms with E-state index in [1.807, 2.05) is 17.2 Å². The molecule has 6 rings (SSSR count). The van der Waals surface area contributed by atoms with Crippen molar-refractivity contribution in [1.29, 1.82) is 0 Å². The van der Waals surface area contributed by atoms with Gasteiger partial charge in [0.1, 0.15) is 23.5 Å². The average molecular weight is 621 g/mol. The van der Waals surface area contributed by atoms with Crippen LogP contribution in [0, 0.1) is 11.6 Å². The number of halogens is 2. The minimum absolute atomic E-state index is 0.100. The van der Waals surface area contributed by atoms with Crippen molar-refractivity contribution in [2.24, 2.45) is 0 Å². The zero-order valence-electron chi connectivity index (χ0n) is 25.3. The summed E-state index contributed by atoms with van der Waals surface area (Å²) < 4.78 is 35.9. The highest BCUT2D eigenvalue weighted by Crippen LogP contribution is 2.46. The Bertz CT molecular complexity index is 1600. The number of amides is 2. The fourth-order valence-corrected chi connectivity index (χ4v) is 6.37. The molecule has 0 aromatic heterocycles. The van der Waals surface area contributed by atoms with Gasteiger partial charge in [-0.05, 0) is 73.9 Å². The highest BCUT2D eigenvalue weighted by atomic mass is 19.1. The van der Waals surface area contributed by atoms with Gasteiger partial charge >= 0.3 is 6.09 Å². The van der Waals surface area contributed by atoms with Crippen LogP contribution in [0.15, 0.2) is 61.0 Å². The molecule has 2 amide bonds. The van der Waals surface area contributed by atoms with E-state index >= 15 is 8.78 Å². The number of nitrogens with one attached hydrogen (secondary N) is 1. The Balaban J connectivity index is 1.08. The van der Waals surface area contributed by atoms with Crippen LogP contribution in [0.3, 0.4) is 0 Å². The minimum Gasteiger partial charge on any atom is -0.508 e. The fourth-order valence-electron chi connectivity index (χ4n) is 6.37. The molecular formula is C34H38F2N4O5. The molecule has 0 bridgehead atoms. The molecule has 2 saturated heterocycles. The van der Waals surface area contributed by atoms with E-state index in [0.717, 1.165) is 18.5 Å². The van der Waals surface area contributed by atoms with Gasteiger partial charge in [0.2, 0.25) is 5.91 Å². The minimum atomic E-state index is -1.03. The molecule has 3 heterocycles. The number of ether oxygens (including phenoxy) is 1. The van der Waals surface area contributed by atoms with Crippen LogP contribution in [0.5, 0.6) is 0 Å². The van der Waals surface area contributed by atoms with Crippen LogP contribution >= 0.6 is 0 Å². The smallest absolute Gasteiger partial charge is 0.414 e. The van der Waals surface area contributed by atoms with E-state index in [1.165, 1.54) is 24.0 Å². The third kappa shape index (κ3) is 6.26. The maximum absolute atomic E-state index is 15.5. The van der Waals surface area contributed by atoms with Gasteiger partial charge in [-0.3, -0.25) is 9.69 Å². The number of anilines is 3. The molecule has 0 unspecified atom stereocenters. The number of hydrogen-bond donors (Lipinski definition) is 3. The number of hydrogen-bond acceptors (Lipinski definition) is 7. The number of piperidine rings is 1. The van der Waals surface area contributed by atoms with E-state index in [0.29, 0.717) is 72.4 Å². The maximum atomic E-state index is 15.5. The molecule has 1 aliphatic carbocycles. The molecule has 1 atom stereocenters. The van der Waals surface area contributed by atoms with Gasteiger partial charge < -0.3 is 30.1 Å². The first kappa shape index (κ1) is 30.6. The highest BCUT2D eigenvalue weighted by molar-refractivity contribution is 5.93. The van der Waals surface area contributed by atoms with Crippen molar-refractivity contribution in [3.8, 4) is 0 Å². The van der Waals surface area contributed by atoms with Crippen LogP contribution in [-0.4, -0.2) is 66.1 Å². The Morgan fingerprint density at radius 2 is 1.87 bits per heavy atom. The predicted molar refractivity (Wildman–Crippen MR) is 168 cm³/mol. The monoisotopic (exact) mass is 620 g/mol. The number of cyclic esters (lactones) is 1. The lowest BCUT2D eigenvalue weighted by molar-refractivity contribution is -0.119. The number of nitrogens with zero attached hydrogens (tertiary/aromatic N) is 3. The van der Waals surface area contributed by atoms with Crippen molar-refractivity contribution in [1.82, 2.24) is 5.32 Å². The first-order chi connectivity index (χ1) is 21.4. The van der Waals surface area contributed by atoms with Crippen LogP contribution in [0.2, 0.25) is 0 Å². The average Bonchev–Trinajstić information content (AvgIpc) is 3.77. The number of aliphatic hydroxyl groups excluding tert-OH is 1. The Labute approximate surface area is 261 Å². The molecular weight excluding hydrogens is 582 g/mol. The van der Waals surface area contributed by atoms with Crippen LogP contribution < -0.4 is 20.0 Å². The van der Waals surface area contributed by atoms with Crippen LogP contribution in [-0.2, 0) is 16.0 Å². The molecule has 0 radical (unpaired) electrons. The number of carbonyl (C=O) groups excluding carboxylic acids is 2. The lowest BCUT2D eigenvalue weighted by atomic mass is 9.85. The molecule has 3 aliphatic heterocycles. The summed E-state index contributed by atoms with van der Waals surface area (Å²) in [6.07, 6.45) is 4.16. The molecule has 9 nitrogen and oxygen atoms in total. The van der Waals surface area contributed by atoms with E-state index < -0.39 is 29.4 Å². The first-order valence-corrected chi connectivity index (χ1v) is 15.3. The number of benzene rings is 2. The van der Waals surface area contributed by atoms with Crippen molar-refractivity contribution in [2.75, 3.05) is 40.9 Å². The van der Waals surface area contributed by atoms with E-state index in [-0.39, 0.29) is 30.8 Å². The molecule has 4 aliphatic rings. The SMILES string of the molecule is C=C(O)C1=CN(C2CC2)c2cc(N3CCC(O)(CCc4ccc(N5C[C@H](CNC(C)=O)OC5=O)cc4F)CC3)c(F)cc2C1=C. The van der Waals surface area contributed by atoms with Gasteiger partial charge in [-0.25, -0.2) is 13.6 Å². The van der Waals surface area contributed by atoms with E-state index in [9.17, 15) is 19.8 Å². The van der Waals surface area contributed by atoms with E-state index in [1.54, 1.807) is 12.1 Å². The summed E-state index contributed by atoms with van der Waals surface area (Å²) in [7, 11) is 0. The summed E-state index contributed by atoms with van der Waals surface area (Å²) in [5.74, 6) is -1.21. The molecule has 0 spiro atoms. The van der Waals surface area contributed by atoms with E-state index in [4.69, 9.17) is 4.74 Å². The second-order valence-electron chi connectivity index (χ2n) is 12.5. The van der Waals surface area contributed by atoms with Crippen LogP contribution in [0.1, 0.15) is 50.2 Å². The molecule has 2 aromatic carbocycles. The fraction of sp³-hybridized carbons (Fsp3) is 0.412. The van der Waals surface area contributed by atoms with E-state index in [2.05, 4.69) is 23.4 Å². The van der Waals surface area contributed by atoms with Crippen LogP contribution in [0.4, 0.5) is 30.6 Å². The number of aliphatic hydroxyl groups is 2. The highest BCUT2D eigenvalue weighted by Gasteiger charge is 2.37. The zero-order valence-corrected chi connectivity index (χ0v) is 25.3. The Morgan fingerprint density at radius 3 is 2.51 bits per heavy atom. The molecule has 45 heavy (non-hydrogen) atoms. The van der Waals surface area contributed by atoms with Crippen molar-refractivity contribution >= 4 is 34.6 Å². The van der Waals surface area contributed by atoms with Crippen molar-refractivity contribution < 1.29 is 33.3 Å². The number of allylic oxidation sites excluding steroid dienone is 1. The van der Waals surface area contributed by atoms with Crippen molar-refractivity contribution in [2.45, 2.75) is 63.2 Å². The largest absolute Gasteiger partial charge is 0.508 e. The predicted octanol–water partition coefficient (Wildman–Crippen LogP) is 5.34. The summed E-state index contributed by atoms with van der Waals surface area (Å²) in [4.78, 5) is 28.8. The van der Waals surface area contributed by atoms with Crippen molar-refractivity contribution in [3.63, 3.8) is 0 Å².